The summed E-state index contributed by atoms with van der Waals surface area (Å²) in [7, 11) is 0. The Morgan fingerprint density at radius 3 is 2.21 bits per heavy atom. The predicted molar refractivity (Wildman–Crippen MR) is 122 cm³/mol. The molecule has 7 nitrogen and oxygen atoms in total. The van der Waals surface area contributed by atoms with Gasteiger partial charge >= 0.3 is 6.18 Å². The Labute approximate surface area is 192 Å². The lowest BCUT2D eigenvalue weighted by molar-refractivity contribution is -0.146. The second-order valence-corrected chi connectivity index (χ2v) is 8.34. The van der Waals surface area contributed by atoms with Crippen LogP contribution < -0.4 is 16.8 Å². The molecule has 1 saturated carbocycles. The van der Waals surface area contributed by atoms with Crippen molar-refractivity contribution in [1.82, 2.24) is 10.2 Å². The third-order valence-corrected chi connectivity index (χ3v) is 6.24. The first kappa shape index (κ1) is 26.2. The maximum Gasteiger partial charge on any atom is 0.395 e. The number of amides is 1. The van der Waals surface area contributed by atoms with Crippen molar-refractivity contribution in [2.24, 2.45) is 16.5 Å². The first-order chi connectivity index (χ1) is 15.6. The molecule has 33 heavy (non-hydrogen) atoms. The third kappa shape index (κ3) is 7.22. The largest absolute Gasteiger partial charge is 0.395 e. The van der Waals surface area contributed by atoms with Gasteiger partial charge in [0.05, 0.1) is 17.2 Å². The minimum Gasteiger partial charge on any atom is -0.387 e. The van der Waals surface area contributed by atoms with Gasteiger partial charge in [0.2, 0.25) is 0 Å². The number of alkyl halides is 3. The number of benzene rings is 1. The lowest BCUT2D eigenvalue weighted by Crippen LogP contribution is -2.48. The molecule has 1 saturated heterocycles. The molecular formula is C23H31F3N6O. The van der Waals surface area contributed by atoms with Crippen molar-refractivity contribution in [2.75, 3.05) is 13.1 Å². The van der Waals surface area contributed by atoms with Crippen molar-refractivity contribution in [3.05, 3.63) is 41.6 Å². The number of nitrogens with zero attached hydrogens (tertiary/aromatic N) is 3. The van der Waals surface area contributed by atoms with Crippen LogP contribution in [0.1, 0.15) is 50.5 Å². The number of primary amides is 1. The van der Waals surface area contributed by atoms with Crippen LogP contribution >= 0.6 is 0 Å². The Morgan fingerprint density at radius 1 is 1.18 bits per heavy atom. The van der Waals surface area contributed by atoms with Crippen molar-refractivity contribution in [2.45, 2.75) is 63.2 Å². The molecule has 1 amide bonds. The molecule has 2 aliphatic rings. The fraction of sp³-hybridized carbons (Fsp3) is 0.522. The molecule has 1 aromatic carbocycles. The summed E-state index contributed by atoms with van der Waals surface area (Å²) >= 11 is 0. The Kier molecular flexibility index (Phi) is 9.29. The van der Waals surface area contributed by atoms with Gasteiger partial charge in [-0.15, -0.1) is 0 Å². The molecule has 1 atom stereocenters. The number of carbonyl (C=O) groups excluding carboxylic acids is 1. The normalized spacial score (nSPS) is 23.0. The fourth-order valence-corrected chi connectivity index (χ4v) is 4.01. The number of aliphatic imine (C=N–C) groups is 1. The number of hydrogen-bond donors (Lipinski definition) is 3. The van der Waals surface area contributed by atoms with Crippen molar-refractivity contribution in [3.8, 4) is 6.57 Å². The average Bonchev–Trinajstić information content (AvgIpc) is 2.74. The molecule has 1 aliphatic heterocycles. The van der Waals surface area contributed by atoms with Gasteiger partial charge in [-0.3, -0.25) is 4.79 Å². The summed E-state index contributed by atoms with van der Waals surface area (Å²) in [5.41, 5.74) is 12.0. The highest BCUT2D eigenvalue weighted by molar-refractivity contribution is 6.20. The van der Waals surface area contributed by atoms with Gasteiger partial charge < -0.3 is 21.7 Å². The van der Waals surface area contributed by atoms with Gasteiger partial charge in [0.15, 0.2) is 0 Å². The van der Waals surface area contributed by atoms with Crippen molar-refractivity contribution in [3.63, 3.8) is 0 Å². The van der Waals surface area contributed by atoms with E-state index < -0.39 is 18.0 Å². The zero-order valence-corrected chi connectivity index (χ0v) is 18.7. The van der Waals surface area contributed by atoms with Crippen molar-refractivity contribution >= 4 is 17.4 Å². The third-order valence-electron chi connectivity index (χ3n) is 6.24. The van der Waals surface area contributed by atoms with Gasteiger partial charge in [-0.1, -0.05) is 12.1 Å². The molecule has 0 radical (unpaired) electrons. The van der Waals surface area contributed by atoms with E-state index in [1.165, 1.54) is 50.0 Å². The summed E-state index contributed by atoms with van der Waals surface area (Å²) < 4.78 is 38.5. The number of halogens is 3. The van der Waals surface area contributed by atoms with E-state index in [0.29, 0.717) is 11.7 Å². The van der Waals surface area contributed by atoms with E-state index in [1.807, 2.05) is 0 Å². The minimum absolute atomic E-state index is 0.0533. The minimum atomic E-state index is -4.31. The standard InChI is InChI=1S/C22H30F3N5O.CHN/c1-14(22(23,24)25)15-3-5-17(6-4-15)29-20(26)19(21(27)31)13-28-16-7-9-18(10-8-16)30-11-2-12-30;1-2/h3-6,13-14,16,18,28H,2,7-12H2,1H3,(H2,26,29)(H2,27,31);1H/b19-13+;. The smallest absolute Gasteiger partial charge is 0.387 e. The number of nitrogens with one attached hydrogen (secondary N) is 1. The SMILES string of the molecule is C#N.CC(c1ccc(N=C(N)/C(=C\NC2CCC(N3CCC3)CC2)C(N)=O)cc1)C(F)(F)F. The summed E-state index contributed by atoms with van der Waals surface area (Å²) in [4.78, 5) is 18.5. The Balaban J connectivity index is 0.00000187. The van der Waals surface area contributed by atoms with E-state index >= 15 is 0 Å². The number of nitriles is 1. The Bertz CT molecular complexity index is 866. The highest BCUT2D eigenvalue weighted by Crippen LogP contribution is 2.34. The molecule has 180 valence electrons. The van der Waals surface area contributed by atoms with Crippen LogP contribution in [-0.4, -0.2) is 48.0 Å². The van der Waals surface area contributed by atoms with Crippen LogP contribution in [0, 0.1) is 11.8 Å². The number of carbonyl (C=O) groups is 1. The van der Waals surface area contributed by atoms with E-state index in [9.17, 15) is 18.0 Å². The summed E-state index contributed by atoms with van der Waals surface area (Å²) in [6, 6.07) is 6.48. The van der Waals surface area contributed by atoms with E-state index in [-0.39, 0.29) is 23.0 Å². The fourth-order valence-electron chi connectivity index (χ4n) is 4.01. The van der Waals surface area contributed by atoms with Crippen LogP contribution in [0.25, 0.3) is 0 Å². The van der Waals surface area contributed by atoms with E-state index in [1.54, 1.807) is 0 Å². The maximum atomic E-state index is 12.8. The molecule has 3 rings (SSSR count). The Morgan fingerprint density at radius 2 is 1.76 bits per heavy atom. The average molecular weight is 465 g/mol. The first-order valence-corrected chi connectivity index (χ1v) is 10.9. The van der Waals surface area contributed by atoms with Crippen molar-refractivity contribution < 1.29 is 18.0 Å². The van der Waals surface area contributed by atoms with Crippen LogP contribution in [0.5, 0.6) is 0 Å². The molecule has 0 aromatic heterocycles. The van der Waals surface area contributed by atoms with E-state index in [2.05, 4.69) is 21.8 Å². The monoisotopic (exact) mass is 464 g/mol. The number of rotatable bonds is 7. The van der Waals surface area contributed by atoms with Gasteiger partial charge in [-0.2, -0.15) is 13.2 Å². The zero-order chi connectivity index (χ0) is 24.6. The van der Waals surface area contributed by atoms with E-state index in [0.717, 1.165) is 32.6 Å². The van der Waals surface area contributed by atoms with Gasteiger partial charge in [0.25, 0.3) is 5.91 Å². The van der Waals surface area contributed by atoms with E-state index in [4.69, 9.17) is 16.7 Å². The highest BCUT2D eigenvalue weighted by Gasteiger charge is 2.36. The number of hydrogen-bond acceptors (Lipinski definition) is 5. The molecule has 2 fully saturated rings. The van der Waals surface area contributed by atoms with Crippen LogP contribution in [0.3, 0.4) is 0 Å². The molecule has 1 aromatic rings. The quantitative estimate of drug-likeness (QED) is 0.324. The first-order valence-electron chi connectivity index (χ1n) is 10.9. The summed E-state index contributed by atoms with van der Waals surface area (Å²) in [6.07, 6.45) is 2.71. The summed E-state index contributed by atoms with van der Waals surface area (Å²) in [5, 5.41) is 9.74. The summed E-state index contributed by atoms with van der Waals surface area (Å²) in [5.74, 6) is -2.37. The molecule has 5 N–H and O–H groups in total. The second kappa shape index (κ2) is 11.7. The molecular weight excluding hydrogens is 433 g/mol. The number of likely N-dealkylation sites (tertiary alicyclic amines) is 1. The lowest BCUT2D eigenvalue weighted by atomic mass is 9.89. The van der Waals surface area contributed by atoms with Gasteiger partial charge in [0.1, 0.15) is 5.84 Å². The lowest BCUT2D eigenvalue weighted by Gasteiger charge is -2.42. The number of amidine groups is 1. The highest BCUT2D eigenvalue weighted by atomic mass is 19.4. The molecule has 10 heteroatoms. The summed E-state index contributed by atoms with van der Waals surface area (Å²) in [6.45, 7) is 6.98. The van der Waals surface area contributed by atoms with Crippen LogP contribution in [-0.2, 0) is 4.79 Å². The van der Waals surface area contributed by atoms with Gasteiger partial charge in [0, 0.05) is 24.9 Å². The molecule has 0 bridgehead atoms. The maximum absolute atomic E-state index is 12.8. The molecule has 0 spiro atoms. The topological polar surface area (TPSA) is 121 Å². The van der Waals surface area contributed by atoms with Crippen LogP contribution in [0.4, 0.5) is 18.9 Å². The van der Waals surface area contributed by atoms with Crippen molar-refractivity contribution in [1.29, 1.82) is 5.26 Å². The molecule has 1 aliphatic carbocycles. The van der Waals surface area contributed by atoms with Gasteiger partial charge in [-0.25, -0.2) is 10.3 Å². The number of nitrogens with two attached hydrogens (primary N) is 2. The van der Waals surface area contributed by atoms with Crippen LogP contribution in [0.15, 0.2) is 41.0 Å². The zero-order valence-electron chi connectivity index (χ0n) is 18.7. The Hall–Kier alpha value is -3.06. The predicted octanol–water partition coefficient (Wildman–Crippen LogP) is 3.46. The second-order valence-electron chi connectivity index (χ2n) is 8.34. The molecule has 1 heterocycles. The van der Waals surface area contributed by atoms with Gasteiger partial charge in [-0.05, 0) is 69.8 Å². The van der Waals surface area contributed by atoms with Crippen LogP contribution in [0.2, 0.25) is 0 Å². The molecule has 1 unspecified atom stereocenters.